The summed E-state index contributed by atoms with van der Waals surface area (Å²) in [6.45, 7) is 1.46. The Morgan fingerprint density at radius 3 is 2.73 bits per heavy atom. The Balaban J connectivity index is 3.06. The third-order valence-electron chi connectivity index (χ3n) is 1.76. The van der Waals surface area contributed by atoms with Gasteiger partial charge in [0.1, 0.15) is 11.5 Å². The summed E-state index contributed by atoms with van der Waals surface area (Å²) >= 11 is 3.21. The highest BCUT2D eigenvalue weighted by Gasteiger charge is 2.11. The fourth-order valence-corrected chi connectivity index (χ4v) is 1.50. The molecule has 1 N–H and O–H groups in total. The zero-order chi connectivity index (χ0) is 11.4. The van der Waals surface area contributed by atoms with Crippen LogP contribution in [0.4, 0.5) is 0 Å². The highest BCUT2D eigenvalue weighted by molar-refractivity contribution is 9.10. The van der Waals surface area contributed by atoms with Crippen LogP contribution in [-0.2, 0) is 4.74 Å². The highest BCUT2D eigenvalue weighted by atomic mass is 79.9. The van der Waals surface area contributed by atoms with Crippen LogP contribution < -0.4 is 4.74 Å². The Bertz CT molecular complexity index is 376. The molecule has 1 aromatic carbocycles. The van der Waals surface area contributed by atoms with Gasteiger partial charge in [0.2, 0.25) is 0 Å². The lowest BCUT2D eigenvalue weighted by molar-refractivity contribution is 0.0504. The summed E-state index contributed by atoms with van der Waals surface area (Å²) in [6.07, 6.45) is 0. The molecule has 0 saturated heterocycles. The van der Waals surface area contributed by atoms with Gasteiger partial charge >= 0.3 is 0 Å². The van der Waals surface area contributed by atoms with Gasteiger partial charge in [-0.3, -0.25) is 4.79 Å². The van der Waals surface area contributed by atoms with E-state index in [9.17, 15) is 9.90 Å². The number of phenols is 1. The molecule has 0 amide bonds. The van der Waals surface area contributed by atoms with Crippen molar-refractivity contribution in [3.8, 4) is 11.5 Å². The maximum Gasteiger partial charge on any atom is 0.188 e. The summed E-state index contributed by atoms with van der Waals surface area (Å²) in [7, 11) is 1.50. The van der Waals surface area contributed by atoms with E-state index in [2.05, 4.69) is 15.9 Å². The standard InChI is InChI=1S/C10H11BrO4/c1-6(12)7-3-10(15-5-14-2)8(11)4-9(7)13/h3-4,13H,5H2,1-2H3. The van der Waals surface area contributed by atoms with E-state index in [-0.39, 0.29) is 23.9 Å². The van der Waals surface area contributed by atoms with Crippen molar-refractivity contribution in [1.29, 1.82) is 0 Å². The summed E-state index contributed by atoms with van der Waals surface area (Å²) < 4.78 is 10.5. The number of carbonyl (C=O) groups is 1. The number of Topliss-reactive ketones (excluding diaryl/α,β-unsaturated/α-hetero) is 1. The predicted octanol–water partition coefficient (Wildman–Crippen LogP) is 2.34. The molecule has 0 aliphatic heterocycles. The van der Waals surface area contributed by atoms with Gasteiger partial charge in [0.15, 0.2) is 12.6 Å². The first kappa shape index (κ1) is 12.0. The number of phenolic OH excluding ortho intramolecular Hbond substituents is 1. The van der Waals surface area contributed by atoms with Crippen molar-refractivity contribution in [2.24, 2.45) is 0 Å². The summed E-state index contributed by atoms with van der Waals surface area (Å²) in [4.78, 5) is 11.1. The molecule has 0 fully saturated rings. The van der Waals surface area contributed by atoms with Gasteiger partial charge in [-0.1, -0.05) is 0 Å². The second kappa shape index (κ2) is 5.14. The lowest BCUT2D eigenvalue weighted by Crippen LogP contribution is -2.01. The average molecular weight is 275 g/mol. The van der Waals surface area contributed by atoms with Crippen molar-refractivity contribution in [2.45, 2.75) is 6.92 Å². The quantitative estimate of drug-likeness (QED) is 0.677. The van der Waals surface area contributed by atoms with Crippen LogP contribution in [0, 0.1) is 0 Å². The Labute approximate surface area is 95.9 Å². The number of carbonyl (C=O) groups excluding carboxylic acids is 1. The highest BCUT2D eigenvalue weighted by Crippen LogP contribution is 2.32. The SMILES string of the molecule is COCOc1cc(C(C)=O)c(O)cc1Br. The molecule has 0 bridgehead atoms. The van der Waals surface area contributed by atoms with Crippen molar-refractivity contribution in [2.75, 3.05) is 13.9 Å². The number of ether oxygens (including phenoxy) is 2. The summed E-state index contributed by atoms with van der Waals surface area (Å²) in [6, 6.07) is 2.89. The molecule has 5 heteroatoms. The van der Waals surface area contributed by atoms with Crippen LogP contribution in [0.5, 0.6) is 11.5 Å². The number of methoxy groups -OCH3 is 1. The van der Waals surface area contributed by atoms with Crippen LogP contribution in [-0.4, -0.2) is 24.8 Å². The van der Waals surface area contributed by atoms with Gasteiger partial charge in [-0.05, 0) is 35.0 Å². The monoisotopic (exact) mass is 274 g/mol. The van der Waals surface area contributed by atoms with E-state index in [0.29, 0.717) is 10.2 Å². The number of halogens is 1. The van der Waals surface area contributed by atoms with E-state index in [4.69, 9.17) is 9.47 Å². The van der Waals surface area contributed by atoms with Crippen LogP contribution in [0.2, 0.25) is 0 Å². The molecular formula is C10H11BrO4. The van der Waals surface area contributed by atoms with Crippen molar-refractivity contribution in [3.05, 3.63) is 22.2 Å². The second-order valence-corrected chi connectivity index (χ2v) is 3.76. The van der Waals surface area contributed by atoms with Gasteiger partial charge in [-0.2, -0.15) is 0 Å². The summed E-state index contributed by atoms with van der Waals surface area (Å²) in [5.74, 6) is 0.168. The normalized spacial score (nSPS) is 10.1. The number of benzene rings is 1. The second-order valence-electron chi connectivity index (χ2n) is 2.91. The van der Waals surface area contributed by atoms with Gasteiger partial charge in [0.05, 0.1) is 10.0 Å². The molecule has 0 heterocycles. The lowest BCUT2D eigenvalue weighted by Gasteiger charge is -2.09. The number of hydrogen-bond acceptors (Lipinski definition) is 4. The Morgan fingerprint density at radius 2 is 2.20 bits per heavy atom. The van der Waals surface area contributed by atoms with Gasteiger partial charge < -0.3 is 14.6 Å². The first-order chi connectivity index (χ1) is 7.06. The van der Waals surface area contributed by atoms with Crippen LogP contribution in [0.25, 0.3) is 0 Å². The van der Waals surface area contributed by atoms with Crippen molar-refractivity contribution >= 4 is 21.7 Å². The molecule has 1 aromatic rings. The van der Waals surface area contributed by atoms with E-state index in [0.717, 1.165) is 0 Å². The smallest absolute Gasteiger partial charge is 0.188 e. The van der Waals surface area contributed by atoms with Gasteiger partial charge in [0, 0.05) is 7.11 Å². The third kappa shape index (κ3) is 2.94. The molecule has 82 valence electrons. The Hall–Kier alpha value is -1.07. The first-order valence-corrected chi connectivity index (χ1v) is 5.00. The Kier molecular flexibility index (Phi) is 4.11. The number of ketones is 1. The summed E-state index contributed by atoms with van der Waals surface area (Å²) in [5, 5.41) is 9.47. The van der Waals surface area contributed by atoms with E-state index in [1.165, 1.54) is 26.2 Å². The molecule has 15 heavy (non-hydrogen) atoms. The van der Waals surface area contributed by atoms with Crippen molar-refractivity contribution in [3.63, 3.8) is 0 Å². The average Bonchev–Trinajstić information content (AvgIpc) is 2.16. The zero-order valence-electron chi connectivity index (χ0n) is 8.41. The topological polar surface area (TPSA) is 55.8 Å². The van der Waals surface area contributed by atoms with Crippen molar-refractivity contribution < 1.29 is 19.4 Å². The molecule has 0 aliphatic rings. The van der Waals surface area contributed by atoms with E-state index in [1.54, 1.807) is 0 Å². The van der Waals surface area contributed by atoms with Gasteiger partial charge in [-0.25, -0.2) is 0 Å². The number of aromatic hydroxyl groups is 1. The minimum absolute atomic E-state index is 0.0702. The molecular weight excluding hydrogens is 264 g/mol. The molecule has 1 rings (SSSR count). The molecule has 0 aromatic heterocycles. The summed E-state index contributed by atoms with van der Waals surface area (Å²) in [5.41, 5.74) is 0.226. The molecule has 4 nitrogen and oxygen atoms in total. The zero-order valence-corrected chi connectivity index (χ0v) is 10.00. The lowest BCUT2D eigenvalue weighted by atomic mass is 10.1. The molecule has 0 atom stereocenters. The molecule has 0 aliphatic carbocycles. The predicted molar refractivity (Wildman–Crippen MR) is 58.3 cm³/mol. The fraction of sp³-hybridized carbons (Fsp3) is 0.300. The number of hydrogen-bond donors (Lipinski definition) is 1. The van der Waals surface area contributed by atoms with Gasteiger partial charge in [-0.15, -0.1) is 0 Å². The van der Waals surface area contributed by atoms with Crippen LogP contribution in [0.15, 0.2) is 16.6 Å². The van der Waals surface area contributed by atoms with Crippen LogP contribution in [0.3, 0.4) is 0 Å². The maximum absolute atomic E-state index is 11.1. The third-order valence-corrected chi connectivity index (χ3v) is 2.38. The van der Waals surface area contributed by atoms with Gasteiger partial charge in [0.25, 0.3) is 0 Å². The van der Waals surface area contributed by atoms with E-state index in [1.807, 2.05) is 0 Å². The molecule has 0 saturated carbocycles. The van der Waals surface area contributed by atoms with E-state index >= 15 is 0 Å². The number of rotatable bonds is 4. The van der Waals surface area contributed by atoms with E-state index < -0.39 is 0 Å². The fourth-order valence-electron chi connectivity index (χ4n) is 1.06. The molecule has 0 radical (unpaired) electrons. The maximum atomic E-state index is 11.1. The van der Waals surface area contributed by atoms with Crippen molar-refractivity contribution in [1.82, 2.24) is 0 Å². The minimum atomic E-state index is -0.220. The molecule has 0 spiro atoms. The Morgan fingerprint density at radius 1 is 1.53 bits per heavy atom. The van der Waals surface area contributed by atoms with Crippen LogP contribution in [0.1, 0.15) is 17.3 Å². The first-order valence-electron chi connectivity index (χ1n) is 4.21. The molecule has 0 unspecified atom stereocenters. The van der Waals surface area contributed by atoms with Crippen LogP contribution >= 0.6 is 15.9 Å². The largest absolute Gasteiger partial charge is 0.507 e. The minimum Gasteiger partial charge on any atom is -0.507 e.